The molecular weight excluding hydrogens is 252 g/mol. The van der Waals surface area contributed by atoms with Gasteiger partial charge in [0, 0.05) is 6.20 Å². The molecule has 2 N–H and O–H groups in total. The zero-order chi connectivity index (χ0) is 14.5. The number of aromatic nitrogens is 1. The average molecular weight is 268 g/mol. The lowest BCUT2D eigenvalue weighted by atomic mass is 10.2. The normalized spacial score (nSPS) is 13.6. The van der Waals surface area contributed by atoms with E-state index in [0.717, 1.165) is 6.92 Å². The molecule has 0 saturated carbocycles. The van der Waals surface area contributed by atoms with Crippen LogP contribution in [0.1, 0.15) is 30.8 Å². The van der Waals surface area contributed by atoms with Gasteiger partial charge < -0.3 is 10.2 Å². The Kier molecular flexibility index (Phi) is 4.96. The zero-order valence-corrected chi connectivity index (χ0v) is 10.7. The summed E-state index contributed by atoms with van der Waals surface area (Å²) < 4.78 is 0. The van der Waals surface area contributed by atoms with Crippen molar-refractivity contribution < 1.29 is 24.6 Å². The van der Waals surface area contributed by atoms with Crippen LogP contribution in [0.25, 0.3) is 0 Å². The largest absolute Gasteiger partial charge is 0.478 e. The molecule has 1 aromatic rings. The van der Waals surface area contributed by atoms with Gasteiger partial charge in [-0.25, -0.2) is 4.79 Å². The lowest BCUT2D eigenvalue weighted by Gasteiger charge is -2.31. The molecule has 0 bridgehead atoms. The second-order valence-electron chi connectivity index (χ2n) is 3.97. The van der Waals surface area contributed by atoms with Gasteiger partial charge in [0.1, 0.15) is 5.69 Å². The number of hydrogen-bond donors (Lipinski definition) is 2. The number of carboxylic acid groups (broad SMARTS) is 1. The van der Waals surface area contributed by atoms with E-state index >= 15 is 0 Å². The number of nitrogens with zero attached hydrogens (tertiary/aromatic N) is 2. The minimum atomic E-state index is -2.47. The fourth-order valence-corrected chi connectivity index (χ4v) is 1.24. The molecule has 0 aliphatic heterocycles. The van der Waals surface area contributed by atoms with Crippen LogP contribution >= 0.6 is 0 Å². The van der Waals surface area contributed by atoms with E-state index < -0.39 is 17.6 Å². The number of aliphatic carboxylic acids is 1. The monoisotopic (exact) mass is 268 g/mol. The van der Waals surface area contributed by atoms with Crippen molar-refractivity contribution in [3.8, 4) is 0 Å². The predicted molar refractivity (Wildman–Crippen MR) is 64.9 cm³/mol. The second-order valence-corrected chi connectivity index (χ2v) is 3.97. The van der Waals surface area contributed by atoms with Crippen molar-refractivity contribution in [2.75, 3.05) is 6.61 Å². The highest BCUT2D eigenvalue weighted by atomic mass is 16.7. The van der Waals surface area contributed by atoms with Crippen molar-refractivity contribution in [1.29, 1.82) is 0 Å². The number of aliphatic hydroxyl groups is 1. The first-order chi connectivity index (χ1) is 8.91. The molecule has 1 aromatic heterocycles. The molecule has 7 heteroatoms. The van der Waals surface area contributed by atoms with Gasteiger partial charge in [0.05, 0.1) is 6.61 Å². The molecule has 0 saturated heterocycles. The van der Waals surface area contributed by atoms with Gasteiger partial charge in [0.15, 0.2) is 0 Å². The molecule has 0 spiro atoms. The van der Waals surface area contributed by atoms with E-state index in [4.69, 9.17) is 9.94 Å². The first kappa shape index (κ1) is 15.1. The summed E-state index contributed by atoms with van der Waals surface area (Å²) in [6, 6.07) is 4.60. The van der Waals surface area contributed by atoms with Gasteiger partial charge in [0.25, 0.3) is 11.6 Å². The number of carbonyl (C=O) groups is 2. The van der Waals surface area contributed by atoms with Gasteiger partial charge in [-0.1, -0.05) is 13.0 Å². The van der Waals surface area contributed by atoms with Crippen molar-refractivity contribution in [2.24, 2.45) is 0 Å². The molecule has 1 rings (SSSR count). The molecular formula is C12H16N2O5. The first-order valence-corrected chi connectivity index (χ1v) is 5.75. The summed E-state index contributed by atoms with van der Waals surface area (Å²) >= 11 is 0. The molecule has 1 atom stereocenters. The van der Waals surface area contributed by atoms with Gasteiger partial charge in [-0.3, -0.25) is 14.6 Å². The molecule has 104 valence electrons. The van der Waals surface area contributed by atoms with Crippen LogP contribution in [0.2, 0.25) is 0 Å². The number of amides is 1. The van der Waals surface area contributed by atoms with Crippen LogP contribution < -0.4 is 0 Å². The lowest BCUT2D eigenvalue weighted by Crippen LogP contribution is -2.55. The maximum atomic E-state index is 12.1. The SMILES string of the molecule is CCCON(C(=O)c1ccccn1)C(C)(O)C(=O)O. The smallest absolute Gasteiger partial charge is 0.359 e. The van der Waals surface area contributed by atoms with Gasteiger partial charge in [-0.2, -0.15) is 5.06 Å². The Morgan fingerprint density at radius 3 is 2.63 bits per heavy atom. The molecule has 1 unspecified atom stereocenters. The molecule has 0 aromatic carbocycles. The van der Waals surface area contributed by atoms with Crippen molar-refractivity contribution in [3.05, 3.63) is 30.1 Å². The Hall–Kier alpha value is -1.99. The van der Waals surface area contributed by atoms with Crippen molar-refractivity contribution >= 4 is 11.9 Å². The number of hydrogen-bond acceptors (Lipinski definition) is 5. The van der Waals surface area contributed by atoms with E-state index in [1.54, 1.807) is 19.1 Å². The first-order valence-electron chi connectivity index (χ1n) is 5.75. The number of pyridine rings is 1. The van der Waals surface area contributed by atoms with Gasteiger partial charge in [-0.05, 0) is 25.5 Å². The quantitative estimate of drug-likeness (QED) is 0.580. The van der Waals surface area contributed by atoms with Crippen molar-refractivity contribution in [2.45, 2.75) is 26.0 Å². The Morgan fingerprint density at radius 1 is 1.47 bits per heavy atom. The van der Waals surface area contributed by atoms with E-state index in [2.05, 4.69) is 4.98 Å². The fraction of sp³-hybridized carbons (Fsp3) is 0.417. The number of carbonyl (C=O) groups excluding carboxylic acids is 1. The van der Waals surface area contributed by atoms with Crippen LogP contribution in [0.5, 0.6) is 0 Å². The van der Waals surface area contributed by atoms with Crippen LogP contribution in [0.15, 0.2) is 24.4 Å². The summed E-state index contributed by atoms with van der Waals surface area (Å²) in [4.78, 5) is 32.0. The third-order valence-electron chi connectivity index (χ3n) is 2.29. The average Bonchev–Trinajstić information content (AvgIpc) is 2.39. The molecule has 0 radical (unpaired) electrons. The summed E-state index contributed by atoms with van der Waals surface area (Å²) in [5, 5.41) is 19.3. The highest BCUT2D eigenvalue weighted by Crippen LogP contribution is 2.16. The van der Waals surface area contributed by atoms with Gasteiger partial charge >= 0.3 is 5.97 Å². The Bertz CT molecular complexity index is 447. The van der Waals surface area contributed by atoms with E-state index in [1.807, 2.05) is 0 Å². The maximum absolute atomic E-state index is 12.1. The third kappa shape index (κ3) is 3.49. The summed E-state index contributed by atoms with van der Waals surface area (Å²) in [6.45, 7) is 2.85. The Balaban J connectivity index is 3.04. The predicted octanol–water partition coefficient (Wildman–Crippen LogP) is 0.659. The van der Waals surface area contributed by atoms with Crippen LogP contribution in [0.3, 0.4) is 0 Å². The Labute approximate surface area is 110 Å². The van der Waals surface area contributed by atoms with E-state index in [0.29, 0.717) is 11.5 Å². The summed E-state index contributed by atoms with van der Waals surface area (Å²) in [6.07, 6.45) is 1.95. The molecule has 1 amide bonds. The van der Waals surface area contributed by atoms with Crippen LogP contribution in [0.4, 0.5) is 0 Å². The number of carboxylic acids is 1. The van der Waals surface area contributed by atoms with Crippen molar-refractivity contribution in [3.63, 3.8) is 0 Å². The number of rotatable bonds is 6. The van der Waals surface area contributed by atoms with Crippen LogP contribution in [-0.4, -0.2) is 44.5 Å². The summed E-state index contributed by atoms with van der Waals surface area (Å²) in [7, 11) is 0. The van der Waals surface area contributed by atoms with E-state index in [1.165, 1.54) is 12.3 Å². The molecule has 0 fully saturated rings. The Morgan fingerprint density at radius 2 is 2.16 bits per heavy atom. The number of hydroxylamine groups is 2. The van der Waals surface area contributed by atoms with E-state index in [-0.39, 0.29) is 12.3 Å². The maximum Gasteiger partial charge on any atom is 0.359 e. The standard InChI is InChI=1S/C12H16N2O5/c1-3-8-19-14(12(2,18)11(16)17)10(15)9-6-4-5-7-13-9/h4-7,18H,3,8H2,1-2H3,(H,16,17). The van der Waals surface area contributed by atoms with Crippen molar-refractivity contribution in [1.82, 2.24) is 10.0 Å². The minimum Gasteiger partial charge on any atom is -0.478 e. The second kappa shape index (κ2) is 6.26. The molecule has 0 aliphatic rings. The topological polar surface area (TPSA) is 100.0 Å². The molecule has 7 nitrogen and oxygen atoms in total. The minimum absolute atomic E-state index is 0.0138. The molecule has 1 heterocycles. The zero-order valence-electron chi connectivity index (χ0n) is 10.7. The summed E-state index contributed by atoms with van der Waals surface area (Å²) in [5.74, 6) is -2.41. The molecule has 19 heavy (non-hydrogen) atoms. The van der Waals surface area contributed by atoms with Crippen LogP contribution in [0, 0.1) is 0 Å². The van der Waals surface area contributed by atoms with Gasteiger partial charge in [-0.15, -0.1) is 0 Å². The van der Waals surface area contributed by atoms with E-state index in [9.17, 15) is 14.7 Å². The van der Waals surface area contributed by atoms with Crippen LogP contribution in [-0.2, 0) is 9.63 Å². The van der Waals surface area contributed by atoms with Gasteiger partial charge in [0.2, 0.25) is 0 Å². The lowest BCUT2D eigenvalue weighted by molar-refractivity contribution is -0.253. The molecule has 0 aliphatic carbocycles. The fourth-order valence-electron chi connectivity index (χ4n) is 1.24. The highest BCUT2D eigenvalue weighted by molar-refractivity contribution is 5.94. The third-order valence-corrected chi connectivity index (χ3v) is 2.29. The summed E-state index contributed by atoms with van der Waals surface area (Å²) in [5.41, 5.74) is -2.48. The highest BCUT2D eigenvalue weighted by Gasteiger charge is 2.42.